The van der Waals surface area contributed by atoms with E-state index in [2.05, 4.69) is 10.7 Å². The summed E-state index contributed by atoms with van der Waals surface area (Å²) < 4.78 is 42.2. The smallest absolute Gasteiger partial charge is 0.279 e. The SMILES string of the molecule is Cc1c(C(=O)N[C@H](c2cccc(F)c2)C2CCC2)c2cccc(F)c2c(=O)n1NCCF. The van der Waals surface area contributed by atoms with Gasteiger partial charge in [-0.2, -0.15) is 0 Å². The minimum absolute atomic E-state index is 0.117. The van der Waals surface area contributed by atoms with Gasteiger partial charge in [-0.25, -0.2) is 17.8 Å². The number of rotatable bonds is 7. The Labute approximate surface area is 183 Å². The maximum absolute atomic E-state index is 14.6. The lowest BCUT2D eigenvalue weighted by atomic mass is 9.77. The highest BCUT2D eigenvalue weighted by atomic mass is 19.1. The van der Waals surface area contributed by atoms with Crippen LogP contribution in [0.25, 0.3) is 10.8 Å². The number of nitrogens with zero attached hydrogens (tertiary/aromatic N) is 1. The normalized spacial score (nSPS) is 14.8. The van der Waals surface area contributed by atoms with E-state index >= 15 is 0 Å². The fourth-order valence-electron chi connectivity index (χ4n) is 4.31. The van der Waals surface area contributed by atoms with Crippen LogP contribution in [0.4, 0.5) is 13.2 Å². The maximum atomic E-state index is 14.6. The molecule has 4 rings (SSSR count). The molecule has 1 saturated carbocycles. The van der Waals surface area contributed by atoms with Crippen LogP contribution in [0.3, 0.4) is 0 Å². The van der Waals surface area contributed by atoms with E-state index in [0.29, 0.717) is 5.56 Å². The molecule has 1 amide bonds. The molecule has 0 bridgehead atoms. The van der Waals surface area contributed by atoms with E-state index in [1.807, 2.05) is 0 Å². The number of nitrogens with one attached hydrogen (secondary N) is 2. The van der Waals surface area contributed by atoms with Crippen molar-refractivity contribution in [1.82, 2.24) is 9.99 Å². The molecule has 1 aliphatic rings. The first-order valence-electron chi connectivity index (χ1n) is 10.6. The van der Waals surface area contributed by atoms with Crippen LogP contribution in [0.2, 0.25) is 0 Å². The molecule has 0 aliphatic heterocycles. The lowest BCUT2D eigenvalue weighted by Crippen LogP contribution is -2.39. The molecule has 1 heterocycles. The van der Waals surface area contributed by atoms with Crippen molar-refractivity contribution in [3.63, 3.8) is 0 Å². The van der Waals surface area contributed by atoms with Crippen LogP contribution in [0, 0.1) is 24.5 Å². The summed E-state index contributed by atoms with van der Waals surface area (Å²) in [4.78, 5) is 26.4. The van der Waals surface area contributed by atoms with Gasteiger partial charge in [0.25, 0.3) is 11.5 Å². The predicted molar refractivity (Wildman–Crippen MR) is 117 cm³/mol. The third-order valence-corrected chi connectivity index (χ3v) is 6.10. The molecule has 1 fully saturated rings. The summed E-state index contributed by atoms with van der Waals surface area (Å²) >= 11 is 0. The summed E-state index contributed by atoms with van der Waals surface area (Å²) in [6.45, 7) is 0.633. The Morgan fingerprint density at radius 3 is 2.59 bits per heavy atom. The number of aromatic nitrogens is 1. The lowest BCUT2D eigenvalue weighted by Gasteiger charge is -2.35. The molecule has 0 saturated heterocycles. The molecule has 3 aromatic rings. The van der Waals surface area contributed by atoms with E-state index in [0.717, 1.165) is 30.0 Å². The standard InChI is InChI=1S/C24H24F3N3O2/c1-14-20(18-9-4-10-19(27)21(18)24(32)30(14)28-12-11-25)23(31)29-22(15-5-2-6-15)16-7-3-8-17(26)13-16/h3-4,7-10,13,15,22,28H,2,5-6,11-12H2,1H3,(H,29,31)/t22-/m0/s1. The number of fused-ring (bicyclic) bond motifs is 1. The van der Waals surface area contributed by atoms with Gasteiger partial charge < -0.3 is 10.7 Å². The van der Waals surface area contributed by atoms with Crippen LogP contribution in [-0.4, -0.2) is 23.8 Å². The number of carbonyl (C=O) groups is 1. The van der Waals surface area contributed by atoms with Crippen molar-refractivity contribution in [3.05, 3.63) is 81.3 Å². The Morgan fingerprint density at radius 1 is 1.19 bits per heavy atom. The molecule has 1 aliphatic carbocycles. The van der Waals surface area contributed by atoms with Crippen LogP contribution in [0.15, 0.2) is 47.3 Å². The van der Waals surface area contributed by atoms with Gasteiger partial charge in [0.05, 0.1) is 29.2 Å². The van der Waals surface area contributed by atoms with E-state index in [1.165, 1.54) is 24.3 Å². The van der Waals surface area contributed by atoms with Crippen LogP contribution < -0.4 is 16.3 Å². The van der Waals surface area contributed by atoms with Crippen molar-refractivity contribution >= 4 is 16.7 Å². The second kappa shape index (κ2) is 9.06. The fraction of sp³-hybridized carbons (Fsp3) is 0.333. The van der Waals surface area contributed by atoms with E-state index in [4.69, 9.17) is 0 Å². The molecule has 0 spiro atoms. The molecular formula is C24H24F3N3O2. The number of hydrogen-bond donors (Lipinski definition) is 2. The summed E-state index contributed by atoms with van der Waals surface area (Å²) in [5, 5.41) is 2.92. The number of benzene rings is 2. The van der Waals surface area contributed by atoms with E-state index in [-0.39, 0.29) is 34.5 Å². The zero-order chi connectivity index (χ0) is 22.8. The van der Waals surface area contributed by atoms with Gasteiger partial charge in [0.2, 0.25) is 0 Å². The van der Waals surface area contributed by atoms with Crippen molar-refractivity contribution in [2.24, 2.45) is 5.92 Å². The Bertz CT molecular complexity index is 1220. The number of carbonyl (C=O) groups excluding carboxylic acids is 1. The van der Waals surface area contributed by atoms with Gasteiger partial charge in [-0.3, -0.25) is 9.59 Å². The van der Waals surface area contributed by atoms with Crippen molar-refractivity contribution in [2.45, 2.75) is 32.2 Å². The zero-order valence-corrected chi connectivity index (χ0v) is 17.6. The third-order valence-electron chi connectivity index (χ3n) is 6.10. The Hall–Kier alpha value is -3.29. The zero-order valence-electron chi connectivity index (χ0n) is 17.6. The Morgan fingerprint density at radius 2 is 1.94 bits per heavy atom. The molecule has 168 valence electrons. The largest absolute Gasteiger partial charge is 0.345 e. The molecule has 1 atom stereocenters. The molecule has 32 heavy (non-hydrogen) atoms. The third kappa shape index (κ3) is 3.97. The second-order valence-corrected chi connectivity index (χ2v) is 8.06. The maximum Gasteiger partial charge on any atom is 0.279 e. The summed E-state index contributed by atoms with van der Waals surface area (Å²) in [6.07, 6.45) is 2.82. The molecule has 2 aromatic carbocycles. The number of alkyl halides is 1. The van der Waals surface area contributed by atoms with E-state index in [1.54, 1.807) is 19.1 Å². The first kappa shape index (κ1) is 21.9. The molecule has 5 nitrogen and oxygen atoms in total. The van der Waals surface area contributed by atoms with Crippen LogP contribution >= 0.6 is 0 Å². The van der Waals surface area contributed by atoms with E-state index in [9.17, 15) is 22.8 Å². The molecule has 2 N–H and O–H groups in total. The minimum atomic E-state index is -0.766. The number of amides is 1. The number of hydrogen-bond acceptors (Lipinski definition) is 3. The highest BCUT2D eigenvalue weighted by Crippen LogP contribution is 2.38. The van der Waals surface area contributed by atoms with Crippen molar-refractivity contribution in [2.75, 3.05) is 18.6 Å². The summed E-state index contributed by atoms with van der Waals surface area (Å²) in [5.41, 5.74) is 2.93. The van der Waals surface area contributed by atoms with Gasteiger partial charge >= 0.3 is 0 Å². The summed E-state index contributed by atoms with van der Waals surface area (Å²) in [7, 11) is 0. The van der Waals surface area contributed by atoms with Crippen LogP contribution in [-0.2, 0) is 0 Å². The molecule has 1 aromatic heterocycles. The van der Waals surface area contributed by atoms with Crippen LogP contribution in [0.1, 0.15) is 46.9 Å². The Kier molecular flexibility index (Phi) is 6.21. The fourth-order valence-corrected chi connectivity index (χ4v) is 4.31. The van der Waals surface area contributed by atoms with Gasteiger partial charge in [0, 0.05) is 5.39 Å². The number of halogens is 3. The highest BCUT2D eigenvalue weighted by molar-refractivity contribution is 6.08. The number of pyridine rings is 1. The monoisotopic (exact) mass is 443 g/mol. The Balaban J connectivity index is 1.81. The molecule has 0 unspecified atom stereocenters. The first-order valence-corrected chi connectivity index (χ1v) is 10.6. The molecule has 8 heteroatoms. The average Bonchev–Trinajstić information content (AvgIpc) is 2.72. The highest BCUT2D eigenvalue weighted by Gasteiger charge is 2.31. The van der Waals surface area contributed by atoms with Gasteiger partial charge in [-0.1, -0.05) is 30.7 Å². The van der Waals surface area contributed by atoms with Crippen LogP contribution in [0.5, 0.6) is 0 Å². The first-order chi connectivity index (χ1) is 15.4. The topological polar surface area (TPSA) is 63.1 Å². The molecular weight excluding hydrogens is 419 g/mol. The van der Waals surface area contributed by atoms with Gasteiger partial charge in [0.1, 0.15) is 18.3 Å². The van der Waals surface area contributed by atoms with Gasteiger partial charge in [-0.05, 0) is 49.4 Å². The van der Waals surface area contributed by atoms with Crippen molar-refractivity contribution < 1.29 is 18.0 Å². The summed E-state index contributed by atoms with van der Waals surface area (Å²) in [6, 6.07) is 9.77. The van der Waals surface area contributed by atoms with Gasteiger partial charge in [-0.15, -0.1) is 0 Å². The van der Waals surface area contributed by atoms with Gasteiger partial charge in [0.15, 0.2) is 0 Å². The lowest BCUT2D eigenvalue weighted by molar-refractivity contribution is 0.0900. The van der Waals surface area contributed by atoms with Crippen molar-refractivity contribution in [1.29, 1.82) is 0 Å². The van der Waals surface area contributed by atoms with E-state index < -0.39 is 35.8 Å². The quantitative estimate of drug-likeness (QED) is 0.570. The molecule has 0 radical (unpaired) electrons. The summed E-state index contributed by atoms with van der Waals surface area (Å²) in [5.74, 6) is -1.51. The second-order valence-electron chi connectivity index (χ2n) is 8.06. The van der Waals surface area contributed by atoms with Crippen molar-refractivity contribution in [3.8, 4) is 0 Å². The predicted octanol–water partition coefficient (Wildman–Crippen LogP) is 4.37. The average molecular weight is 443 g/mol. The minimum Gasteiger partial charge on any atom is -0.345 e.